The molecule has 3 N–H and O–H groups in total. The van der Waals surface area contributed by atoms with Gasteiger partial charge in [-0.25, -0.2) is 9.59 Å². The van der Waals surface area contributed by atoms with Gasteiger partial charge in [-0.15, -0.1) is 0 Å². The van der Waals surface area contributed by atoms with E-state index in [1.807, 2.05) is 34.0 Å². The SMILES string of the molecule is CSCCC(NC(=O)NC(C)C(C)(C)C)C(=O)O. The number of carboxylic acids is 1. The molecule has 2 atom stereocenters. The van der Waals surface area contributed by atoms with Crippen LogP contribution in [-0.2, 0) is 4.79 Å². The minimum absolute atomic E-state index is 0.0347. The zero-order valence-electron chi connectivity index (χ0n) is 11.7. The Bertz CT molecular complexity index is 290. The molecule has 0 bridgehead atoms. The number of thioether (sulfide) groups is 1. The summed E-state index contributed by atoms with van der Waals surface area (Å²) in [5.74, 6) is -0.297. The maximum absolute atomic E-state index is 11.7. The molecule has 0 aromatic rings. The zero-order chi connectivity index (χ0) is 14.3. The second kappa shape index (κ2) is 7.51. The fraction of sp³-hybridized carbons (Fsp3) is 0.833. The Balaban J connectivity index is 4.30. The highest BCUT2D eigenvalue weighted by Crippen LogP contribution is 2.18. The van der Waals surface area contributed by atoms with Gasteiger partial charge in [0.1, 0.15) is 6.04 Å². The van der Waals surface area contributed by atoms with E-state index in [1.165, 1.54) is 0 Å². The molecule has 2 amide bonds. The summed E-state index contributed by atoms with van der Waals surface area (Å²) >= 11 is 1.56. The first-order chi connectivity index (χ1) is 8.18. The Morgan fingerprint density at radius 3 is 2.22 bits per heavy atom. The highest BCUT2D eigenvalue weighted by Gasteiger charge is 2.24. The molecule has 6 heteroatoms. The predicted octanol–water partition coefficient (Wildman–Crippen LogP) is 1.93. The smallest absolute Gasteiger partial charge is 0.326 e. The third kappa shape index (κ3) is 6.74. The highest BCUT2D eigenvalue weighted by molar-refractivity contribution is 7.98. The third-order valence-electron chi connectivity index (χ3n) is 2.86. The molecule has 0 aliphatic carbocycles. The first-order valence-corrected chi connectivity index (χ1v) is 7.36. The molecular weight excluding hydrogens is 252 g/mol. The Kier molecular flexibility index (Phi) is 7.13. The molecule has 0 fully saturated rings. The van der Waals surface area contributed by atoms with E-state index in [-0.39, 0.29) is 11.5 Å². The molecule has 5 nitrogen and oxygen atoms in total. The summed E-state index contributed by atoms with van der Waals surface area (Å²) in [6, 6.07) is -1.29. The lowest BCUT2D eigenvalue weighted by atomic mass is 9.88. The van der Waals surface area contributed by atoms with Gasteiger partial charge in [0.25, 0.3) is 0 Å². The molecule has 0 aliphatic rings. The maximum atomic E-state index is 11.7. The molecular formula is C12H24N2O3S. The molecule has 0 saturated carbocycles. The number of amides is 2. The largest absolute Gasteiger partial charge is 0.480 e. The van der Waals surface area contributed by atoms with Gasteiger partial charge in [-0.05, 0) is 30.8 Å². The van der Waals surface area contributed by atoms with Crippen LogP contribution in [-0.4, -0.2) is 41.2 Å². The first kappa shape index (κ1) is 17.1. The molecule has 2 unspecified atom stereocenters. The molecule has 0 aromatic carbocycles. The van der Waals surface area contributed by atoms with Crippen LogP contribution < -0.4 is 10.6 Å². The first-order valence-electron chi connectivity index (χ1n) is 5.97. The second-order valence-corrected chi connectivity index (χ2v) is 6.36. The minimum Gasteiger partial charge on any atom is -0.480 e. The maximum Gasteiger partial charge on any atom is 0.326 e. The van der Waals surface area contributed by atoms with Crippen molar-refractivity contribution in [2.45, 2.75) is 46.2 Å². The van der Waals surface area contributed by atoms with Crippen molar-refractivity contribution in [3.63, 3.8) is 0 Å². The van der Waals surface area contributed by atoms with Crippen LogP contribution >= 0.6 is 11.8 Å². The van der Waals surface area contributed by atoms with E-state index in [1.54, 1.807) is 11.8 Å². The summed E-state index contributed by atoms with van der Waals surface area (Å²) in [6.45, 7) is 7.94. The number of urea groups is 1. The van der Waals surface area contributed by atoms with Crippen molar-refractivity contribution in [2.24, 2.45) is 5.41 Å². The van der Waals surface area contributed by atoms with Crippen LogP contribution in [0.25, 0.3) is 0 Å². The van der Waals surface area contributed by atoms with E-state index in [0.717, 1.165) is 0 Å². The van der Waals surface area contributed by atoms with Crippen molar-refractivity contribution in [3.8, 4) is 0 Å². The van der Waals surface area contributed by atoms with E-state index < -0.39 is 18.0 Å². The normalized spacial score (nSPS) is 14.7. The van der Waals surface area contributed by atoms with Gasteiger partial charge in [0, 0.05) is 6.04 Å². The Morgan fingerprint density at radius 1 is 1.28 bits per heavy atom. The van der Waals surface area contributed by atoms with Crippen molar-refractivity contribution >= 4 is 23.8 Å². The van der Waals surface area contributed by atoms with Gasteiger partial charge >= 0.3 is 12.0 Å². The topological polar surface area (TPSA) is 78.4 Å². The highest BCUT2D eigenvalue weighted by atomic mass is 32.2. The number of carbonyl (C=O) groups is 2. The number of aliphatic carboxylic acids is 1. The van der Waals surface area contributed by atoms with Crippen LogP contribution in [0.5, 0.6) is 0 Å². The summed E-state index contributed by atoms with van der Waals surface area (Å²) in [5.41, 5.74) is -0.0602. The van der Waals surface area contributed by atoms with Gasteiger partial charge in [0.2, 0.25) is 0 Å². The molecule has 0 saturated heterocycles. The van der Waals surface area contributed by atoms with E-state index in [0.29, 0.717) is 12.2 Å². The minimum atomic E-state index is -0.998. The van der Waals surface area contributed by atoms with E-state index in [2.05, 4.69) is 10.6 Å². The van der Waals surface area contributed by atoms with Gasteiger partial charge in [-0.1, -0.05) is 20.8 Å². The van der Waals surface area contributed by atoms with Crippen LogP contribution in [0.4, 0.5) is 4.79 Å². The van der Waals surface area contributed by atoms with E-state index >= 15 is 0 Å². The summed E-state index contributed by atoms with van der Waals surface area (Å²) in [7, 11) is 0. The number of carbonyl (C=O) groups excluding carboxylic acids is 1. The van der Waals surface area contributed by atoms with E-state index in [4.69, 9.17) is 5.11 Å². The summed E-state index contributed by atoms with van der Waals surface area (Å²) in [6.07, 6.45) is 2.33. The van der Waals surface area contributed by atoms with Gasteiger partial charge in [0.05, 0.1) is 0 Å². The van der Waals surface area contributed by atoms with Gasteiger partial charge in [-0.3, -0.25) is 0 Å². The van der Waals surface area contributed by atoms with Gasteiger partial charge in [0.15, 0.2) is 0 Å². The fourth-order valence-electron chi connectivity index (χ4n) is 1.11. The van der Waals surface area contributed by atoms with Crippen LogP contribution in [0.15, 0.2) is 0 Å². The number of hydrogen-bond acceptors (Lipinski definition) is 3. The van der Waals surface area contributed by atoms with Gasteiger partial charge < -0.3 is 15.7 Å². The molecule has 106 valence electrons. The Hall–Kier alpha value is -0.910. The quantitative estimate of drug-likeness (QED) is 0.692. The van der Waals surface area contributed by atoms with Gasteiger partial charge in [-0.2, -0.15) is 11.8 Å². The lowest BCUT2D eigenvalue weighted by molar-refractivity contribution is -0.139. The lowest BCUT2D eigenvalue weighted by Crippen LogP contribution is -2.51. The van der Waals surface area contributed by atoms with Crippen molar-refractivity contribution in [3.05, 3.63) is 0 Å². The number of nitrogens with one attached hydrogen (secondary N) is 2. The van der Waals surface area contributed by atoms with Crippen molar-refractivity contribution in [2.75, 3.05) is 12.0 Å². The molecule has 0 spiro atoms. The lowest BCUT2D eigenvalue weighted by Gasteiger charge is -2.28. The Morgan fingerprint density at radius 2 is 1.83 bits per heavy atom. The second-order valence-electron chi connectivity index (χ2n) is 5.38. The molecule has 0 aliphatic heterocycles. The summed E-state index contributed by atoms with van der Waals surface area (Å²) in [4.78, 5) is 22.7. The summed E-state index contributed by atoms with van der Waals surface area (Å²) in [5, 5.41) is 14.2. The van der Waals surface area contributed by atoms with Crippen molar-refractivity contribution in [1.82, 2.24) is 10.6 Å². The molecule has 0 radical (unpaired) electrons. The summed E-state index contributed by atoms with van der Waals surface area (Å²) < 4.78 is 0. The zero-order valence-corrected chi connectivity index (χ0v) is 12.6. The monoisotopic (exact) mass is 276 g/mol. The van der Waals surface area contributed by atoms with Crippen LogP contribution in [0, 0.1) is 5.41 Å². The Labute approximate surface area is 113 Å². The van der Waals surface area contributed by atoms with Crippen molar-refractivity contribution in [1.29, 1.82) is 0 Å². The average molecular weight is 276 g/mol. The number of carboxylic acid groups (broad SMARTS) is 1. The number of hydrogen-bond donors (Lipinski definition) is 3. The molecule has 18 heavy (non-hydrogen) atoms. The van der Waals surface area contributed by atoms with E-state index in [9.17, 15) is 9.59 Å². The molecule has 0 heterocycles. The van der Waals surface area contributed by atoms with Crippen molar-refractivity contribution < 1.29 is 14.7 Å². The predicted molar refractivity (Wildman–Crippen MR) is 75.0 cm³/mol. The van der Waals surface area contributed by atoms with Crippen LogP contribution in [0.2, 0.25) is 0 Å². The fourth-order valence-corrected chi connectivity index (χ4v) is 1.58. The average Bonchev–Trinajstić information content (AvgIpc) is 2.22. The standard InChI is InChI=1S/C12H24N2O3S/c1-8(12(2,3)4)13-11(17)14-9(10(15)16)6-7-18-5/h8-9H,6-7H2,1-5H3,(H,15,16)(H2,13,14,17). The van der Waals surface area contributed by atoms with Crippen LogP contribution in [0.3, 0.4) is 0 Å². The number of rotatable bonds is 6. The molecule has 0 rings (SSSR count). The van der Waals surface area contributed by atoms with Crippen LogP contribution in [0.1, 0.15) is 34.1 Å². The molecule has 0 aromatic heterocycles. The third-order valence-corrected chi connectivity index (χ3v) is 3.50.